The fourth-order valence-electron chi connectivity index (χ4n) is 1.55. The average molecular weight is 264 g/mol. The molecular weight excluding hydrogens is 246 g/mol. The van der Waals surface area contributed by atoms with Crippen molar-refractivity contribution >= 4 is 21.8 Å². The zero-order chi connectivity index (χ0) is 10.6. The van der Waals surface area contributed by atoms with E-state index in [1.165, 1.54) is 0 Å². The zero-order valence-corrected chi connectivity index (χ0v) is 10.4. The summed E-state index contributed by atoms with van der Waals surface area (Å²) in [7, 11) is 0. The summed E-state index contributed by atoms with van der Waals surface area (Å²) in [5.74, 6) is 0.0290. The van der Waals surface area contributed by atoms with Crippen LogP contribution in [0.25, 0.3) is 0 Å². The number of halogens is 1. The fourth-order valence-corrected chi connectivity index (χ4v) is 2.17. The molecule has 0 aromatic rings. The lowest BCUT2D eigenvalue weighted by molar-refractivity contribution is -0.140. The van der Waals surface area contributed by atoms with Crippen molar-refractivity contribution in [1.82, 2.24) is 5.32 Å². The van der Waals surface area contributed by atoms with Gasteiger partial charge in [-0.15, -0.1) is 0 Å². The molecule has 1 heterocycles. The maximum absolute atomic E-state index is 11.8. The van der Waals surface area contributed by atoms with E-state index in [0.717, 1.165) is 24.6 Å². The van der Waals surface area contributed by atoms with Crippen molar-refractivity contribution in [1.29, 1.82) is 0 Å². The highest BCUT2D eigenvalue weighted by Gasteiger charge is 2.38. The van der Waals surface area contributed by atoms with Crippen molar-refractivity contribution in [3.05, 3.63) is 0 Å². The number of hydrogen-bond donors (Lipinski definition) is 1. The summed E-state index contributed by atoms with van der Waals surface area (Å²) >= 11 is 3.38. The quantitative estimate of drug-likeness (QED) is 0.787. The first-order valence-electron chi connectivity index (χ1n) is 5.13. The predicted octanol–water partition coefficient (Wildman–Crippen LogP) is 1.85. The number of rotatable bonds is 4. The molecule has 0 bridgehead atoms. The molecule has 1 aliphatic heterocycles. The minimum absolute atomic E-state index is 0.0290. The van der Waals surface area contributed by atoms with E-state index >= 15 is 0 Å². The van der Waals surface area contributed by atoms with Crippen LogP contribution in [-0.2, 0) is 9.53 Å². The van der Waals surface area contributed by atoms with Crippen LogP contribution in [0, 0.1) is 0 Å². The third-order valence-electron chi connectivity index (χ3n) is 2.71. The topological polar surface area (TPSA) is 38.3 Å². The van der Waals surface area contributed by atoms with Crippen molar-refractivity contribution < 1.29 is 9.53 Å². The second-order valence-electron chi connectivity index (χ2n) is 3.92. The Labute approximate surface area is 93.7 Å². The van der Waals surface area contributed by atoms with Gasteiger partial charge >= 0.3 is 0 Å². The van der Waals surface area contributed by atoms with Crippen LogP contribution in [0.15, 0.2) is 0 Å². The normalized spacial score (nSPS) is 28.8. The molecule has 2 unspecified atom stereocenters. The van der Waals surface area contributed by atoms with Gasteiger partial charge in [-0.05, 0) is 26.2 Å². The molecule has 1 saturated heterocycles. The molecule has 0 saturated carbocycles. The highest BCUT2D eigenvalue weighted by Crippen LogP contribution is 2.25. The largest absolute Gasteiger partial charge is 0.365 e. The minimum Gasteiger partial charge on any atom is -0.365 e. The van der Waals surface area contributed by atoms with E-state index in [2.05, 4.69) is 28.2 Å². The van der Waals surface area contributed by atoms with Gasteiger partial charge in [0.2, 0.25) is 0 Å². The van der Waals surface area contributed by atoms with Crippen molar-refractivity contribution in [2.24, 2.45) is 0 Å². The molecule has 14 heavy (non-hydrogen) atoms. The monoisotopic (exact) mass is 263 g/mol. The molecule has 1 aliphatic rings. The number of nitrogens with one attached hydrogen (secondary N) is 1. The lowest BCUT2D eigenvalue weighted by atomic mass is 10.0. The summed E-state index contributed by atoms with van der Waals surface area (Å²) in [5.41, 5.74) is -0.588. The lowest BCUT2D eigenvalue weighted by Gasteiger charge is -2.25. The summed E-state index contributed by atoms with van der Waals surface area (Å²) in [5, 5.41) is 3.78. The Morgan fingerprint density at radius 2 is 2.43 bits per heavy atom. The van der Waals surface area contributed by atoms with Crippen LogP contribution >= 0.6 is 15.9 Å². The summed E-state index contributed by atoms with van der Waals surface area (Å²) in [6.45, 7) is 4.63. The summed E-state index contributed by atoms with van der Waals surface area (Å²) < 4.78 is 5.46. The number of ether oxygens (including phenoxy) is 1. The smallest absolute Gasteiger partial charge is 0.252 e. The number of amides is 1. The standard InChI is InChI=1S/C10H18BrNO2/c1-3-8(7-11)12-9(13)10(2)5-4-6-14-10/h8H,3-7H2,1-2H3,(H,12,13). The van der Waals surface area contributed by atoms with E-state index in [1.807, 2.05) is 6.92 Å². The Bertz CT molecular complexity index is 198. The molecule has 0 aromatic heterocycles. The molecule has 1 rings (SSSR count). The Hall–Kier alpha value is -0.0900. The molecule has 0 radical (unpaired) electrons. The van der Waals surface area contributed by atoms with E-state index < -0.39 is 5.60 Å². The number of hydrogen-bond acceptors (Lipinski definition) is 2. The summed E-state index contributed by atoms with van der Waals surface area (Å²) in [4.78, 5) is 11.8. The summed E-state index contributed by atoms with van der Waals surface area (Å²) in [6, 6.07) is 0.212. The van der Waals surface area contributed by atoms with Gasteiger partial charge < -0.3 is 10.1 Å². The van der Waals surface area contributed by atoms with Crippen LogP contribution in [0.2, 0.25) is 0 Å². The molecule has 1 N–H and O–H groups in total. The van der Waals surface area contributed by atoms with Crippen LogP contribution in [0.5, 0.6) is 0 Å². The Morgan fingerprint density at radius 3 is 2.86 bits per heavy atom. The summed E-state index contributed by atoms with van der Waals surface area (Å²) in [6.07, 6.45) is 2.75. The van der Waals surface area contributed by atoms with E-state index in [9.17, 15) is 4.79 Å². The van der Waals surface area contributed by atoms with Crippen LogP contribution in [0.3, 0.4) is 0 Å². The lowest BCUT2D eigenvalue weighted by Crippen LogP contribution is -2.48. The van der Waals surface area contributed by atoms with Crippen molar-refractivity contribution in [2.45, 2.75) is 44.8 Å². The van der Waals surface area contributed by atoms with Crippen LogP contribution in [-0.4, -0.2) is 29.5 Å². The molecule has 3 nitrogen and oxygen atoms in total. The van der Waals surface area contributed by atoms with Gasteiger partial charge in [-0.3, -0.25) is 4.79 Å². The minimum atomic E-state index is -0.588. The Kier molecular flexibility index (Phi) is 4.38. The predicted molar refractivity (Wildman–Crippen MR) is 59.6 cm³/mol. The van der Waals surface area contributed by atoms with Gasteiger partial charge in [0.05, 0.1) is 0 Å². The Balaban J connectivity index is 2.48. The van der Waals surface area contributed by atoms with Crippen molar-refractivity contribution in [3.8, 4) is 0 Å². The molecule has 1 fully saturated rings. The van der Waals surface area contributed by atoms with E-state index in [0.29, 0.717) is 6.61 Å². The first-order chi connectivity index (χ1) is 6.62. The first-order valence-corrected chi connectivity index (χ1v) is 6.25. The molecule has 1 amide bonds. The van der Waals surface area contributed by atoms with Gasteiger partial charge in [-0.25, -0.2) is 0 Å². The van der Waals surface area contributed by atoms with Crippen LogP contribution in [0.4, 0.5) is 0 Å². The third-order valence-corrected chi connectivity index (χ3v) is 3.49. The van der Waals surface area contributed by atoms with Gasteiger partial charge in [-0.2, -0.15) is 0 Å². The fraction of sp³-hybridized carbons (Fsp3) is 0.900. The van der Waals surface area contributed by atoms with Crippen molar-refractivity contribution in [3.63, 3.8) is 0 Å². The molecule has 0 spiro atoms. The molecule has 0 aromatic carbocycles. The van der Waals surface area contributed by atoms with Crippen LogP contribution < -0.4 is 5.32 Å². The zero-order valence-electron chi connectivity index (χ0n) is 8.81. The third kappa shape index (κ3) is 2.70. The molecule has 0 aliphatic carbocycles. The van der Waals surface area contributed by atoms with E-state index in [4.69, 9.17) is 4.74 Å². The maximum atomic E-state index is 11.8. The SMILES string of the molecule is CCC(CBr)NC(=O)C1(C)CCCO1. The first kappa shape index (κ1) is 12.0. The average Bonchev–Trinajstić information content (AvgIpc) is 2.62. The van der Waals surface area contributed by atoms with Gasteiger partial charge in [0.15, 0.2) is 0 Å². The number of carbonyl (C=O) groups is 1. The molecule has 2 atom stereocenters. The van der Waals surface area contributed by atoms with Crippen LogP contribution in [0.1, 0.15) is 33.1 Å². The molecule has 82 valence electrons. The highest BCUT2D eigenvalue weighted by atomic mass is 79.9. The number of alkyl halides is 1. The van der Waals surface area contributed by atoms with Crippen molar-refractivity contribution in [2.75, 3.05) is 11.9 Å². The highest BCUT2D eigenvalue weighted by molar-refractivity contribution is 9.09. The second-order valence-corrected chi connectivity index (χ2v) is 4.56. The van der Waals surface area contributed by atoms with Gasteiger partial charge in [0.1, 0.15) is 5.60 Å². The molecular formula is C10H18BrNO2. The van der Waals surface area contributed by atoms with Gasteiger partial charge in [0, 0.05) is 18.0 Å². The maximum Gasteiger partial charge on any atom is 0.252 e. The van der Waals surface area contributed by atoms with E-state index in [1.54, 1.807) is 0 Å². The number of carbonyl (C=O) groups excluding carboxylic acids is 1. The Morgan fingerprint density at radius 1 is 1.71 bits per heavy atom. The molecule has 4 heteroatoms. The van der Waals surface area contributed by atoms with Gasteiger partial charge in [-0.1, -0.05) is 22.9 Å². The van der Waals surface area contributed by atoms with Gasteiger partial charge in [0.25, 0.3) is 5.91 Å². The second kappa shape index (κ2) is 5.12. The van der Waals surface area contributed by atoms with E-state index in [-0.39, 0.29) is 11.9 Å².